The minimum absolute atomic E-state index is 0.169. The summed E-state index contributed by atoms with van der Waals surface area (Å²) >= 11 is 3.23. The average Bonchev–Trinajstić information content (AvgIpc) is 2.45. The van der Waals surface area contributed by atoms with Crippen molar-refractivity contribution in [3.63, 3.8) is 0 Å². The van der Waals surface area contributed by atoms with Crippen LogP contribution < -0.4 is 10.9 Å². The van der Waals surface area contributed by atoms with Crippen molar-refractivity contribution in [3.8, 4) is 0 Å². The van der Waals surface area contributed by atoms with Gasteiger partial charge in [0.1, 0.15) is 5.69 Å². The second-order valence-electron chi connectivity index (χ2n) is 4.08. The molecule has 1 heterocycles. The third-order valence-corrected chi connectivity index (χ3v) is 3.16. The predicted molar refractivity (Wildman–Crippen MR) is 79.6 cm³/mol. The molecule has 1 aromatic heterocycles. The van der Waals surface area contributed by atoms with Crippen molar-refractivity contribution < 1.29 is 9.53 Å². The fraction of sp³-hybridized carbons (Fsp3) is 0.143. The largest absolute Gasteiger partial charge is 0.367 e. The number of ether oxygens (including phenoxy) is 1. The Morgan fingerprint density at radius 1 is 1.35 bits per heavy atom. The van der Waals surface area contributed by atoms with Crippen LogP contribution in [0.15, 0.2) is 51.9 Å². The molecule has 6 heteroatoms. The third kappa shape index (κ3) is 3.34. The fourth-order valence-electron chi connectivity index (χ4n) is 1.77. The number of amides is 1. The molecule has 0 saturated carbocycles. The number of nitrogens with one attached hydrogen (secondary N) is 2. The first-order valence-corrected chi connectivity index (χ1v) is 6.68. The fourth-order valence-corrected chi connectivity index (χ4v) is 2.11. The van der Waals surface area contributed by atoms with Gasteiger partial charge in [-0.15, -0.1) is 0 Å². The van der Waals surface area contributed by atoms with E-state index in [0.717, 1.165) is 5.56 Å². The van der Waals surface area contributed by atoms with Gasteiger partial charge in [0.15, 0.2) is 6.10 Å². The molecule has 2 N–H and O–H groups in total. The van der Waals surface area contributed by atoms with E-state index in [2.05, 4.69) is 26.2 Å². The lowest BCUT2D eigenvalue weighted by molar-refractivity contribution is -0.126. The molecule has 20 heavy (non-hydrogen) atoms. The zero-order valence-corrected chi connectivity index (χ0v) is 12.3. The van der Waals surface area contributed by atoms with E-state index < -0.39 is 12.0 Å². The van der Waals surface area contributed by atoms with Crippen LogP contribution in [0.5, 0.6) is 0 Å². The molecule has 0 bridgehead atoms. The second-order valence-corrected chi connectivity index (χ2v) is 4.99. The van der Waals surface area contributed by atoms with Crippen molar-refractivity contribution in [1.82, 2.24) is 4.98 Å². The zero-order chi connectivity index (χ0) is 14.5. The Labute approximate surface area is 124 Å². The van der Waals surface area contributed by atoms with Crippen LogP contribution in [-0.2, 0) is 9.53 Å². The number of aromatic amines is 1. The van der Waals surface area contributed by atoms with Crippen LogP contribution in [0.25, 0.3) is 0 Å². The molecule has 0 fully saturated rings. The minimum Gasteiger partial charge on any atom is -0.367 e. The standard InChI is InChI=1S/C14H13BrN2O3/c1-20-12(9-5-3-2-4-6-9)14(19)17-11-7-10(15)8-16-13(11)18/h2-8,12H,1H3,(H,16,18)(H,17,19)/t12-/m0/s1. The Balaban J connectivity index is 2.22. The van der Waals surface area contributed by atoms with E-state index in [1.54, 1.807) is 12.1 Å². The number of rotatable bonds is 4. The summed E-state index contributed by atoms with van der Waals surface area (Å²) in [4.78, 5) is 26.3. The molecule has 0 unspecified atom stereocenters. The quantitative estimate of drug-likeness (QED) is 0.900. The molecule has 0 saturated heterocycles. The van der Waals surface area contributed by atoms with Gasteiger partial charge in [-0.25, -0.2) is 0 Å². The van der Waals surface area contributed by atoms with Gasteiger partial charge in [0, 0.05) is 17.8 Å². The Morgan fingerprint density at radius 2 is 2.05 bits per heavy atom. The highest BCUT2D eigenvalue weighted by Crippen LogP contribution is 2.18. The van der Waals surface area contributed by atoms with E-state index in [4.69, 9.17) is 4.74 Å². The lowest BCUT2D eigenvalue weighted by atomic mass is 10.1. The first-order valence-electron chi connectivity index (χ1n) is 5.88. The number of aromatic nitrogens is 1. The molecular formula is C14H13BrN2O3. The van der Waals surface area contributed by atoms with E-state index in [0.29, 0.717) is 4.47 Å². The van der Waals surface area contributed by atoms with Gasteiger partial charge in [-0.3, -0.25) is 9.59 Å². The third-order valence-electron chi connectivity index (χ3n) is 2.70. The van der Waals surface area contributed by atoms with Crippen LogP contribution in [0.2, 0.25) is 0 Å². The molecule has 0 radical (unpaired) electrons. The highest BCUT2D eigenvalue weighted by Gasteiger charge is 2.20. The van der Waals surface area contributed by atoms with Crippen LogP contribution in [0, 0.1) is 0 Å². The molecule has 0 aliphatic rings. The topological polar surface area (TPSA) is 71.2 Å². The average molecular weight is 337 g/mol. The Kier molecular flexibility index (Phi) is 4.70. The summed E-state index contributed by atoms with van der Waals surface area (Å²) in [7, 11) is 1.45. The van der Waals surface area contributed by atoms with Crippen LogP contribution in [0.4, 0.5) is 5.69 Å². The number of pyridine rings is 1. The summed E-state index contributed by atoms with van der Waals surface area (Å²) in [6, 6.07) is 10.6. The zero-order valence-electron chi connectivity index (χ0n) is 10.7. The van der Waals surface area contributed by atoms with E-state index in [1.807, 2.05) is 18.2 Å². The minimum atomic E-state index is -0.769. The highest BCUT2D eigenvalue weighted by molar-refractivity contribution is 9.10. The number of halogens is 1. The van der Waals surface area contributed by atoms with Crippen LogP contribution in [0.3, 0.4) is 0 Å². The first-order chi connectivity index (χ1) is 9.61. The molecule has 0 aliphatic carbocycles. The van der Waals surface area contributed by atoms with Crippen LogP contribution in [0.1, 0.15) is 11.7 Å². The van der Waals surface area contributed by atoms with Gasteiger partial charge in [0.25, 0.3) is 11.5 Å². The van der Waals surface area contributed by atoms with Gasteiger partial charge in [-0.1, -0.05) is 30.3 Å². The highest BCUT2D eigenvalue weighted by atomic mass is 79.9. The number of hydrogen-bond donors (Lipinski definition) is 2. The van der Waals surface area contributed by atoms with Crippen molar-refractivity contribution in [2.24, 2.45) is 0 Å². The predicted octanol–water partition coefficient (Wildman–Crippen LogP) is 2.46. The van der Waals surface area contributed by atoms with Gasteiger partial charge in [-0.05, 0) is 27.6 Å². The molecule has 0 aliphatic heterocycles. The van der Waals surface area contributed by atoms with Crippen molar-refractivity contribution >= 4 is 27.5 Å². The molecule has 5 nitrogen and oxygen atoms in total. The molecule has 104 valence electrons. The molecule has 2 aromatic rings. The number of benzene rings is 1. The summed E-state index contributed by atoms with van der Waals surface area (Å²) in [6.45, 7) is 0. The molecule has 1 atom stereocenters. The van der Waals surface area contributed by atoms with Gasteiger partial charge in [0.2, 0.25) is 0 Å². The molecule has 1 aromatic carbocycles. The van der Waals surface area contributed by atoms with Crippen LogP contribution in [-0.4, -0.2) is 18.0 Å². The Bertz CT molecular complexity index is 655. The molecule has 0 spiro atoms. The normalized spacial score (nSPS) is 11.9. The van der Waals surface area contributed by atoms with Crippen LogP contribution >= 0.6 is 15.9 Å². The SMILES string of the molecule is CO[C@H](C(=O)Nc1cc(Br)c[nH]c1=O)c1ccccc1. The number of anilines is 1. The summed E-state index contributed by atoms with van der Waals surface area (Å²) in [5, 5.41) is 2.56. The van der Waals surface area contributed by atoms with E-state index in [1.165, 1.54) is 19.4 Å². The first kappa shape index (κ1) is 14.5. The lowest BCUT2D eigenvalue weighted by Gasteiger charge is -2.15. The molecule has 2 rings (SSSR count). The van der Waals surface area contributed by atoms with Gasteiger partial charge in [0.05, 0.1) is 0 Å². The van der Waals surface area contributed by atoms with E-state index in [9.17, 15) is 9.59 Å². The van der Waals surface area contributed by atoms with E-state index in [-0.39, 0.29) is 11.2 Å². The van der Waals surface area contributed by atoms with Gasteiger partial charge < -0.3 is 15.0 Å². The summed E-state index contributed by atoms with van der Waals surface area (Å²) in [5.74, 6) is -0.401. The monoisotopic (exact) mass is 336 g/mol. The van der Waals surface area contributed by atoms with Gasteiger partial charge >= 0.3 is 0 Å². The van der Waals surface area contributed by atoms with Crippen molar-refractivity contribution in [1.29, 1.82) is 0 Å². The summed E-state index contributed by atoms with van der Waals surface area (Å²) in [5.41, 5.74) is 0.519. The Hall–Kier alpha value is -1.92. The number of hydrogen-bond acceptors (Lipinski definition) is 3. The maximum Gasteiger partial charge on any atom is 0.271 e. The molecule has 1 amide bonds. The van der Waals surface area contributed by atoms with Crippen molar-refractivity contribution in [3.05, 3.63) is 63.0 Å². The summed E-state index contributed by atoms with van der Waals surface area (Å²) in [6.07, 6.45) is 0.734. The number of methoxy groups -OCH3 is 1. The number of carbonyl (C=O) groups is 1. The summed E-state index contributed by atoms with van der Waals surface area (Å²) < 4.78 is 5.87. The molecular weight excluding hydrogens is 324 g/mol. The lowest BCUT2D eigenvalue weighted by Crippen LogP contribution is -2.26. The number of H-pyrrole nitrogens is 1. The smallest absolute Gasteiger partial charge is 0.271 e. The van der Waals surface area contributed by atoms with Gasteiger partial charge in [-0.2, -0.15) is 0 Å². The van der Waals surface area contributed by atoms with Crippen molar-refractivity contribution in [2.75, 3.05) is 12.4 Å². The Morgan fingerprint density at radius 3 is 2.70 bits per heavy atom. The van der Waals surface area contributed by atoms with Crippen molar-refractivity contribution in [2.45, 2.75) is 6.10 Å². The second kappa shape index (κ2) is 6.49. The maximum absolute atomic E-state index is 12.2. The maximum atomic E-state index is 12.2. The van der Waals surface area contributed by atoms with E-state index >= 15 is 0 Å². The number of carbonyl (C=O) groups excluding carboxylic acids is 1.